The third-order valence-electron chi connectivity index (χ3n) is 3.93. The lowest BCUT2D eigenvalue weighted by molar-refractivity contribution is -0.139. The van der Waals surface area contributed by atoms with Gasteiger partial charge in [0.25, 0.3) is 0 Å². The molecule has 1 saturated carbocycles. The lowest BCUT2D eigenvalue weighted by Crippen LogP contribution is -2.56. The van der Waals surface area contributed by atoms with Crippen molar-refractivity contribution in [3.8, 4) is 0 Å². The maximum Gasteiger partial charge on any atom is 0.317 e. The number of hydrogen-bond acceptors (Lipinski definition) is 4. The van der Waals surface area contributed by atoms with Crippen LogP contribution in [0.5, 0.6) is 0 Å². The number of amides is 2. The van der Waals surface area contributed by atoms with Crippen LogP contribution in [0.3, 0.4) is 0 Å². The van der Waals surface area contributed by atoms with Crippen LogP contribution < -0.4 is 10.6 Å². The monoisotopic (exact) mass is 325 g/mol. The Balaban J connectivity index is 1.66. The van der Waals surface area contributed by atoms with Crippen molar-refractivity contribution in [2.45, 2.75) is 45.3 Å². The average molecular weight is 325 g/mol. The van der Waals surface area contributed by atoms with Gasteiger partial charge in [-0.2, -0.15) is 0 Å². The van der Waals surface area contributed by atoms with Crippen molar-refractivity contribution >= 4 is 23.3 Å². The first-order chi connectivity index (χ1) is 10.5. The Kier molecular flexibility index (Phi) is 5.79. The minimum absolute atomic E-state index is 0.0673. The van der Waals surface area contributed by atoms with Crippen molar-refractivity contribution in [2.24, 2.45) is 0 Å². The number of aryl methyl sites for hydroxylation is 1. The Morgan fingerprint density at radius 3 is 2.68 bits per heavy atom. The van der Waals surface area contributed by atoms with Gasteiger partial charge in [-0.05, 0) is 38.4 Å². The molecule has 0 unspecified atom stereocenters. The lowest BCUT2D eigenvalue weighted by Gasteiger charge is -2.42. The van der Waals surface area contributed by atoms with E-state index in [1.165, 1.54) is 4.88 Å². The van der Waals surface area contributed by atoms with Crippen LogP contribution in [0, 0.1) is 6.92 Å². The van der Waals surface area contributed by atoms with Crippen LogP contribution in [0.2, 0.25) is 0 Å². The Morgan fingerprint density at radius 1 is 1.41 bits per heavy atom. The Labute approximate surface area is 134 Å². The highest BCUT2D eigenvalue weighted by atomic mass is 32.1. The molecular weight excluding hydrogens is 302 g/mol. The number of thiophene rings is 1. The van der Waals surface area contributed by atoms with Crippen molar-refractivity contribution in [3.63, 3.8) is 0 Å². The first-order valence-corrected chi connectivity index (χ1v) is 8.35. The second-order valence-electron chi connectivity index (χ2n) is 5.62. The van der Waals surface area contributed by atoms with Gasteiger partial charge in [0.1, 0.15) is 0 Å². The Hall–Kier alpha value is -1.60. The largest absolute Gasteiger partial charge is 0.480 e. The standard InChI is InChI=1S/C15H23N3O3S/c1-3-18(9-14(19)20)12-6-11(7-12)17-15(21)16-8-13-5-4-10(2)22-13/h4-5,11-12H,3,6-9H2,1-2H3,(H,19,20)(H2,16,17,21). The molecule has 0 saturated heterocycles. The molecule has 0 radical (unpaired) electrons. The molecular formula is C15H23N3O3S. The zero-order valence-electron chi connectivity index (χ0n) is 13.0. The molecule has 0 bridgehead atoms. The highest BCUT2D eigenvalue weighted by molar-refractivity contribution is 7.11. The summed E-state index contributed by atoms with van der Waals surface area (Å²) in [4.78, 5) is 26.9. The Morgan fingerprint density at radius 2 is 2.14 bits per heavy atom. The van der Waals surface area contributed by atoms with Gasteiger partial charge in [0.05, 0.1) is 13.1 Å². The Bertz CT molecular complexity index is 526. The van der Waals surface area contributed by atoms with E-state index in [9.17, 15) is 9.59 Å². The minimum Gasteiger partial charge on any atom is -0.480 e. The summed E-state index contributed by atoms with van der Waals surface area (Å²) in [7, 11) is 0. The molecule has 1 aromatic rings. The molecule has 1 aromatic heterocycles. The maximum atomic E-state index is 11.8. The molecule has 1 heterocycles. The van der Waals surface area contributed by atoms with Crippen molar-refractivity contribution in [3.05, 3.63) is 21.9 Å². The number of rotatable bonds is 7. The topological polar surface area (TPSA) is 81.7 Å². The fourth-order valence-electron chi connectivity index (χ4n) is 2.66. The number of likely N-dealkylation sites (N-methyl/N-ethyl adjacent to an activating group) is 1. The van der Waals surface area contributed by atoms with Crippen LogP contribution in [-0.2, 0) is 11.3 Å². The SMILES string of the molecule is CCN(CC(=O)O)C1CC(NC(=O)NCc2ccc(C)s2)C1. The van der Waals surface area contributed by atoms with Crippen LogP contribution in [0.25, 0.3) is 0 Å². The summed E-state index contributed by atoms with van der Waals surface area (Å²) in [6.07, 6.45) is 1.62. The second-order valence-corrected chi connectivity index (χ2v) is 6.99. The number of carboxylic acid groups (broad SMARTS) is 1. The van der Waals surface area contributed by atoms with Gasteiger partial charge < -0.3 is 15.7 Å². The summed E-state index contributed by atoms with van der Waals surface area (Å²) in [6.45, 7) is 5.32. The van der Waals surface area contributed by atoms with E-state index in [4.69, 9.17) is 5.11 Å². The third kappa shape index (κ3) is 4.71. The summed E-state index contributed by atoms with van der Waals surface area (Å²) < 4.78 is 0. The fourth-order valence-corrected chi connectivity index (χ4v) is 3.49. The zero-order chi connectivity index (χ0) is 16.1. The summed E-state index contributed by atoms with van der Waals surface area (Å²) in [5, 5.41) is 14.6. The number of nitrogens with one attached hydrogen (secondary N) is 2. The van der Waals surface area contributed by atoms with E-state index in [0.29, 0.717) is 13.1 Å². The van der Waals surface area contributed by atoms with Gasteiger partial charge in [-0.3, -0.25) is 9.69 Å². The number of urea groups is 1. The van der Waals surface area contributed by atoms with Gasteiger partial charge in [0, 0.05) is 21.8 Å². The van der Waals surface area contributed by atoms with Crippen molar-refractivity contribution < 1.29 is 14.7 Å². The maximum absolute atomic E-state index is 11.8. The number of carboxylic acids is 1. The van der Waals surface area contributed by atoms with Crippen LogP contribution in [0.1, 0.15) is 29.5 Å². The minimum atomic E-state index is -0.803. The van der Waals surface area contributed by atoms with Gasteiger partial charge in [-0.1, -0.05) is 6.92 Å². The lowest BCUT2D eigenvalue weighted by atomic mass is 9.85. The van der Waals surface area contributed by atoms with Gasteiger partial charge in [0.15, 0.2) is 0 Å². The van der Waals surface area contributed by atoms with E-state index in [-0.39, 0.29) is 24.7 Å². The number of carbonyl (C=O) groups excluding carboxylic acids is 1. The van der Waals surface area contributed by atoms with E-state index in [1.54, 1.807) is 11.3 Å². The predicted octanol–water partition coefficient (Wildman–Crippen LogP) is 1.79. The summed E-state index contributed by atoms with van der Waals surface area (Å²) in [5.41, 5.74) is 0. The van der Waals surface area contributed by atoms with Gasteiger partial charge in [0.2, 0.25) is 0 Å². The van der Waals surface area contributed by atoms with Crippen LogP contribution in [-0.4, -0.2) is 47.2 Å². The zero-order valence-corrected chi connectivity index (χ0v) is 13.8. The average Bonchev–Trinajstić information content (AvgIpc) is 2.83. The molecule has 0 spiro atoms. The van der Waals surface area contributed by atoms with E-state index in [2.05, 4.69) is 10.6 Å². The molecule has 1 aliphatic rings. The van der Waals surface area contributed by atoms with E-state index in [1.807, 2.05) is 30.9 Å². The van der Waals surface area contributed by atoms with Gasteiger partial charge in [-0.25, -0.2) is 4.79 Å². The first kappa shape index (κ1) is 16.8. The van der Waals surface area contributed by atoms with Crippen molar-refractivity contribution in [1.29, 1.82) is 0 Å². The first-order valence-electron chi connectivity index (χ1n) is 7.53. The number of nitrogens with zero attached hydrogens (tertiary/aromatic N) is 1. The molecule has 0 aromatic carbocycles. The van der Waals surface area contributed by atoms with E-state index < -0.39 is 5.97 Å². The fraction of sp³-hybridized carbons (Fsp3) is 0.600. The molecule has 22 heavy (non-hydrogen) atoms. The van der Waals surface area contributed by atoms with Crippen LogP contribution in [0.4, 0.5) is 4.79 Å². The number of hydrogen-bond donors (Lipinski definition) is 3. The molecule has 122 valence electrons. The van der Waals surface area contributed by atoms with Crippen LogP contribution in [0.15, 0.2) is 12.1 Å². The number of aliphatic carboxylic acids is 1. The molecule has 3 N–H and O–H groups in total. The highest BCUT2D eigenvalue weighted by Gasteiger charge is 2.34. The molecule has 2 amide bonds. The predicted molar refractivity (Wildman–Crippen MR) is 86.1 cm³/mol. The third-order valence-corrected chi connectivity index (χ3v) is 4.93. The molecule has 1 aliphatic carbocycles. The van der Waals surface area contributed by atoms with Crippen LogP contribution >= 0.6 is 11.3 Å². The highest BCUT2D eigenvalue weighted by Crippen LogP contribution is 2.25. The molecule has 0 atom stereocenters. The molecule has 2 rings (SSSR count). The quantitative estimate of drug-likeness (QED) is 0.714. The van der Waals surface area contributed by atoms with Crippen molar-refractivity contribution in [2.75, 3.05) is 13.1 Å². The number of carbonyl (C=O) groups is 2. The smallest absolute Gasteiger partial charge is 0.317 e. The molecule has 1 fully saturated rings. The van der Waals surface area contributed by atoms with Gasteiger partial charge >= 0.3 is 12.0 Å². The normalized spacial score (nSPS) is 20.5. The molecule has 0 aliphatic heterocycles. The second kappa shape index (κ2) is 7.60. The summed E-state index contributed by atoms with van der Waals surface area (Å²) in [6, 6.07) is 4.29. The molecule has 6 nitrogen and oxygen atoms in total. The van der Waals surface area contributed by atoms with E-state index >= 15 is 0 Å². The van der Waals surface area contributed by atoms with E-state index in [0.717, 1.165) is 17.7 Å². The molecule has 7 heteroatoms. The van der Waals surface area contributed by atoms with Crippen molar-refractivity contribution in [1.82, 2.24) is 15.5 Å². The van der Waals surface area contributed by atoms with Gasteiger partial charge in [-0.15, -0.1) is 11.3 Å². The summed E-state index contributed by atoms with van der Waals surface area (Å²) in [5.74, 6) is -0.803. The summed E-state index contributed by atoms with van der Waals surface area (Å²) >= 11 is 1.68.